The maximum atomic E-state index is 11.3. The number of carbonyl (C=O) groups is 1. The topological polar surface area (TPSA) is 41.1 Å². The number of carbonyl (C=O) groups excluding carboxylic acids is 1. The Morgan fingerprint density at radius 1 is 1.29 bits per heavy atom. The van der Waals surface area contributed by atoms with Crippen molar-refractivity contribution in [3.8, 4) is 0 Å². The summed E-state index contributed by atoms with van der Waals surface area (Å²) < 4.78 is 0. The first-order valence-corrected chi connectivity index (χ1v) is 5.62. The standard InChI is InChI=1S/C11H22N2O/c1-8(10-6-4-5-7-10)13-9(2)11(14)12-3/h8-10,13H,4-7H2,1-3H3,(H,12,14)/t8-,9?/m0/s1. The highest BCUT2D eigenvalue weighted by molar-refractivity contribution is 5.80. The molecule has 1 aliphatic rings. The van der Waals surface area contributed by atoms with Crippen LogP contribution >= 0.6 is 0 Å². The zero-order valence-electron chi connectivity index (χ0n) is 9.47. The number of likely N-dealkylation sites (N-methyl/N-ethyl adjacent to an activating group) is 1. The fourth-order valence-corrected chi connectivity index (χ4v) is 2.28. The van der Waals surface area contributed by atoms with E-state index in [-0.39, 0.29) is 11.9 Å². The Hall–Kier alpha value is -0.570. The zero-order valence-corrected chi connectivity index (χ0v) is 9.47. The first-order chi connectivity index (χ1) is 6.65. The minimum Gasteiger partial charge on any atom is -0.358 e. The Balaban J connectivity index is 2.31. The van der Waals surface area contributed by atoms with Crippen molar-refractivity contribution in [2.45, 2.75) is 51.6 Å². The van der Waals surface area contributed by atoms with Gasteiger partial charge in [0.2, 0.25) is 5.91 Å². The van der Waals surface area contributed by atoms with Gasteiger partial charge in [-0.1, -0.05) is 12.8 Å². The molecule has 2 atom stereocenters. The SMILES string of the molecule is CNC(=O)C(C)N[C@@H](C)C1CCCC1. The second-order valence-corrected chi connectivity index (χ2v) is 4.34. The molecule has 2 N–H and O–H groups in total. The summed E-state index contributed by atoms with van der Waals surface area (Å²) in [6.45, 7) is 4.11. The van der Waals surface area contributed by atoms with Gasteiger partial charge in [-0.25, -0.2) is 0 Å². The molecule has 1 unspecified atom stereocenters. The van der Waals surface area contributed by atoms with Gasteiger partial charge in [-0.3, -0.25) is 4.79 Å². The molecule has 1 saturated carbocycles. The molecule has 0 spiro atoms. The summed E-state index contributed by atoms with van der Waals surface area (Å²) in [7, 11) is 1.68. The van der Waals surface area contributed by atoms with Crippen LogP contribution in [0.2, 0.25) is 0 Å². The summed E-state index contributed by atoms with van der Waals surface area (Å²) in [5.41, 5.74) is 0. The third kappa shape index (κ3) is 2.98. The summed E-state index contributed by atoms with van der Waals surface area (Å²) in [6.07, 6.45) is 5.33. The average molecular weight is 198 g/mol. The van der Waals surface area contributed by atoms with E-state index in [1.807, 2.05) is 6.92 Å². The van der Waals surface area contributed by atoms with E-state index in [4.69, 9.17) is 0 Å². The predicted molar refractivity (Wildman–Crippen MR) is 58.1 cm³/mol. The van der Waals surface area contributed by atoms with E-state index in [1.54, 1.807) is 7.05 Å². The van der Waals surface area contributed by atoms with E-state index in [1.165, 1.54) is 25.7 Å². The number of nitrogens with one attached hydrogen (secondary N) is 2. The lowest BCUT2D eigenvalue weighted by Gasteiger charge is -2.23. The van der Waals surface area contributed by atoms with Crippen LogP contribution in [0.25, 0.3) is 0 Å². The fourth-order valence-electron chi connectivity index (χ4n) is 2.28. The maximum absolute atomic E-state index is 11.3. The molecule has 0 aliphatic heterocycles. The molecule has 1 rings (SSSR count). The Bertz CT molecular complexity index is 188. The van der Waals surface area contributed by atoms with Gasteiger partial charge in [0.15, 0.2) is 0 Å². The Morgan fingerprint density at radius 2 is 1.86 bits per heavy atom. The zero-order chi connectivity index (χ0) is 10.6. The smallest absolute Gasteiger partial charge is 0.236 e. The van der Waals surface area contributed by atoms with Crippen molar-refractivity contribution < 1.29 is 4.79 Å². The Labute approximate surface area is 86.6 Å². The first-order valence-electron chi connectivity index (χ1n) is 5.62. The van der Waals surface area contributed by atoms with Gasteiger partial charge in [-0.05, 0) is 32.6 Å². The molecular formula is C11H22N2O. The third-order valence-corrected chi connectivity index (χ3v) is 3.26. The summed E-state index contributed by atoms with van der Waals surface area (Å²) in [5, 5.41) is 6.02. The average Bonchev–Trinajstić information content (AvgIpc) is 2.69. The molecule has 3 heteroatoms. The van der Waals surface area contributed by atoms with Crippen LogP contribution in [0.5, 0.6) is 0 Å². The summed E-state index contributed by atoms with van der Waals surface area (Å²) in [4.78, 5) is 11.3. The van der Waals surface area contributed by atoms with Crippen LogP contribution in [-0.4, -0.2) is 25.0 Å². The van der Waals surface area contributed by atoms with Crippen molar-refractivity contribution in [2.75, 3.05) is 7.05 Å². The Morgan fingerprint density at radius 3 is 2.36 bits per heavy atom. The second-order valence-electron chi connectivity index (χ2n) is 4.34. The van der Waals surface area contributed by atoms with Crippen molar-refractivity contribution in [2.24, 2.45) is 5.92 Å². The molecular weight excluding hydrogens is 176 g/mol. The molecule has 3 nitrogen and oxygen atoms in total. The van der Waals surface area contributed by atoms with E-state index in [0.717, 1.165) is 5.92 Å². The van der Waals surface area contributed by atoms with Crippen LogP contribution in [0.3, 0.4) is 0 Å². The molecule has 1 amide bonds. The monoisotopic (exact) mass is 198 g/mol. The van der Waals surface area contributed by atoms with Gasteiger partial charge in [0.05, 0.1) is 6.04 Å². The van der Waals surface area contributed by atoms with Crippen molar-refractivity contribution in [3.05, 3.63) is 0 Å². The number of hydrogen-bond donors (Lipinski definition) is 2. The van der Waals surface area contributed by atoms with Crippen LogP contribution in [0, 0.1) is 5.92 Å². The molecule has 14 heavy (non-hydrogen) atoms. The van der Waals surface area contributed by atoms with E-state index >= 15 is 0 Å². The minimum absolute atomic E-state index is 0.0735. The second kappa shape index (κ2) is 5.35. The molecule has 1 fully saturated rings. The quantitative estimate of drug-likeness (QED) is 0.714. The van der Waals surface area contributed by atoms with Crippen molar-refractivity contribution in [1.82, 2.24) is 10.6 Å². The normalized spacial score (nSPS) is 21.9. The molecule has 0 aromatic rings. The molecule has 0 heterocycles. The largest absolute Gasteiger partial charge is 0.358 e. The van der Waals surface area contributed by atoms with Crippen molar-refractivity contribution in [1.29, 1.82) is 0 Å². The van der Waals surface area contributed by atoms with E-state index in [0.29, 0.717) is 6.04 Å². The number of hydrogen-bond acceptors (Lipinski definition) is 2. The van der Waals surface area contributed by atoms with Crippen molar-refractivity contribution >= 4 is 5.91 Å². The van der Waals surface area contributed by atoms with Crippen LogP contribution in [0.15, 0.2) is 0 Å². The van der Waals surface area contributed by atoms with Gasteiger partial charge in [0.25, 0.3) is 0 Å². The highest BCUT2D eigenvalue weighted by atomic mass is 16.2. The summed E-state index contributed by atoms with van der Waals surface area (Å²) in [6, 6.07) is 0.389. The van der Waals surface area contributed by atoms with Gasteiger partial charge in [-0.15, -0.1) is 0 Å². The fraction of sp³-hybridized carbons (Fsp3) is 0.909. The van der Waals surface area contributed by atoms with Crippen molar-refractivity contribution in [3.63, 3.8) is 0 Å². The van der Waals surface area contributed by atoms with Gasteiger partial charge in [-0.2, -0.15) is 0 Å². The molecule has 0 bridgehead atoms. The molecule has 0 radical (unpaired) electrons. The lowest BCUT2D eigenvalue weighted by Crippen LogP contribution is -2.46. The first kappa shape index (κ1) is 11.5. The van der Waals surface area contributed by atoms with Gasteiger partial charge < -0.3 is 10.6 Å². The van der Waals surface area contributed by atoms with Crippen LogP contribution in [0.4, 0.5) is 0 Å². The molecule has 1 aliphatic carbocycles. The molecule has 0 aromatic carbocycles. The van der Waals surface area contributed by atoms with Crippen LogP contribution in [-0.2, 0) is 4.79 Å². The van der Waals surface area contributed by atoms with E-state index < -0.39 is 0 Å². The molecule has 0 saturated heterocycles. The molecule has 82 valence electrons. The Kier molecular flexibility index (Phi) is 4.39. The van der Waals surface area contributed by atoms with E-state index in [9.17, 15) is 4.79 Å². The van der Waals surface area contributed by atoms with Gasteiger partial charge in [0, 0.05) is 13.1 Å². The summed E-state index contributed by atoms with van der Waals surface area (Å²) >= 11 is 0. The number of amides is 1. The summed E-state index contributed by atoms with van der Waals surface area (Å²) in [5.74, 6) is 0.844. The highest BCUT2D eigenvalue weighted by Gasteiger charge is 2.23. The minimum atomic E-state index is -0.0735. The number of rotatable bonds is 4. The van der Waals surface area contributed by atoms with Gasteiger partial charge in [0.1, 0.15) is 0 Å². The van der Waals surface area contributed by atoms with Crippen LogP contribution in [0.1, 0.15) is 39.5 Å². The lowest BCUT2D eigenvalue weighted by atomic mass is 9.99. The predicted octanol–water partition coefficient (Wildman–Crippen LogP) is 1.29. The van der Waals surface area contributed by atoms with Gasteiger partial charge >= 0.3 is 0 Å². The highest BCUT2D eigenvalue weighted by Crippen LogP contribution is 2.27. The van der Waals surface area contributed by atoms with Crippen LogP contribution < -0.4 is 10.6 Å². The lowest BCUT2D eigenvalue weighted by molar-refractivity contribution is -0.122. The molecule has 0 aromatic heterocycles. The maximum Gasteiger partial charge on any atom is 0.236 e. The van der Waals surface area contributed by atoms with E-state index in [2.05, 4.69) is 17.6 Å². The third-order valence-electron chi connectivity index (χ3n) is 3.26.